The topological polar surface area (TPSA) is 53.4 Å². The molecule has 1 amide bonds. The number of halogens is 1. The monoisotopic (exact) mass is 226 g/mol. The van der Waals surface area contributed by atoms with Gasteiger partial charge < -0.3 is 5.11 Å². The molecule has 0 bridgehead atoms. The average Bonchev–Trinajstić information content (AvgIpc) is 2.14. The molecule has 88 valence electrons. The average molecular weight is 226 g/mol. The van der Waals surface area contributed by atoms with Gasteiger partial charge in [-0.25, -0.2) is 9.18 Å². The lowest BCUT2D eigenvalue weighted by Gasteiger charge is -2.32. The van der Waals surface area contributed by atoms with Gasteiger partial charge in [0, 0.05) is 11.7 Å². The maximum Gasteiger partial charge on any atom is 0.408 e. The molecule has 0 saturated heterocycles. The molecule has 0 fully saturated rings. The van der Waals surface area contributed by atoms with Crippen LogP contribution < -0.4 is 0 Å². The van der Waals surface area contributed by atoms with Gasteiger partial charge in [-0.2, -0.15) is 0 Å². The van der Waals surface area contributed by atoms with Gasteiger partial charge in [-0.1, -0.05) is 0 Å². The molecule has 16 heavy (non-hydrogen) atoms. The molecule has 1 rings (SSSR count). The smallest absolute Gasteiger partial charge is 0.408 e. The highest BCUT2D eigenvalue weighted by Crippen LogP contribution is 2.17. The molecule has 4 nitrogen and oxygen atoms in total. The first-order valence-electron chi connectivity index (χ1n) is 4.92. The zero-order valence-electron chi connectivity index (χ0n) is 9.57. The molecule has 0 aliphatic rings. The van der Waals surface area contributed by atoms with Crippen molar-refractivity contribution < 1.29 is 14.3 Å². The second kappa shape index (κ2) is 4.47. The van der Waals surface area contributed by atoms with Gasteiger partial charge in [0.2, 0.25) is 0 Å². The Balaban J connectivity index is 2.94. The van der Waals surface area contributed by atoms with E-state index in [-0.39, 0.29) is 12.2 Å². The molecule has 1 N–H and O–H groups in total. The number of carbonyl (C=O) groups is 1. The SMILES string of the molecule is CC(C)(C)N(Cc1ncccc1F)C(=O)O. The molecule has 0 unspecified atom stereocenters. The van der Waals surface area contributed by atoms with Crippen LogP contribution in [0.25, 0.3) is 0 Å². The van der Waals surface area contributed by atoms with Crippen LogP contribution in [0.3, 0.4) is 0 Å². The summed E-state index contributed by atoms with van der Waals surface area (Å²) >= 11 is 0. The second-order valence-electron chi connectivity index (χ2n) is 4.47. The standard InChI is InChI=1S/C11H15FN2O2/c1-11(2,3)14(10(15)16)7-9-8(12)5-4-6-13-9/h4-6H,7H2,1-3H3,(H,15,16). The van der Waals surface area contributed by atoms with E-state index >= 15 is 0 Å². The zero-order valence-corrected chi connectivity index (χ0v) is 9.57. The van der Waals surface area contributed by atoms with E-state index in [4.69, 9.17) is 5.11 Å². The Kier molecular flexibility index (Phi) is 3.47. The van der Waals surface area contributed by atoms with Gasteiger partial charge in [-0.15, -0.1) is 0 Å². The minimum Gasteiger partial charge on any atom is -0.465 e. The Morgan fingerprint density at radius 1 is 1.56 bits per heavy atom. The van der Waals surface area contributed by atoms with Crippen molar-refractivity contribution in [1.29, 1.82) is 0 Å². The summed E-state index contributed by atoms with van der Waals surface area (Å²) in [7, 11) is 0. The van der Waals surface area contributed by atoms with E-state index < -0.39 is 17.4 Å². The highest BCUT2D eigenvalue weighted by Gasteiger charge is 2.27. The fraction of sp³-hybridized carbons (Fsp3) is 0.455. The van der Waals surface area contributed by atoms with Crippen LogP contribution in [0, 0.1) is 5.82 Å². The van der Waals surface area contributed by atoms with Crippen LogP contribution in [0.15, 0.2) is 18.3 Å². The summed E-state index contributed by atoms with van der Waals surface area (Å²) in [5, 5.41) is 9.04. The van der Waals surface area contributed by atoms with Crippen molar-refractivity contribution in [2.24, 2.45) is 0 Å². The van der Waals surface area contributed by atoms with E-state index in [1.165, 1.54) is 18.3 Å². The van der Waals surface area contributed by atoms with E-state index in [0.29, 0.717) is 0 Å². The quantitative estimate of drug-likeness (QED) is 0.842. The maximum absolute atomic E-state index is 13.3. The molecular formula is C11H15FN2O2. The molecule has 0 radical (unpaired) electrons. The third-order valence-corrected chi connectivity index (χ3v) is 2.18. The molecule has 0 saturated carbocycles. The van der Waals surface area contributed by atoms with Crippen LogP contribution >= 0.6 is 0 Å². The van der Waals surface area contributed by atoms with Crippen LogP contribution in [0.5, 0.6) is 0 Å². The highest BCUT2D eigenvalue weighted by atomic mass is 19.1. The van der Waals surface area contributed by atoms with Crippen molar-refractivity contribution in [3.63, 3.8) is 0 Å². The Morgan fingerprint density at radius 3 is 2.62 bits per heavy atom. The number of hydrogen-bond donors (Lipinski definition) is 1. The Morgan fingerprint density at radius 2 is 2.19 bits per heavy atom. The molecule has 0 aromatic carbocycles. The molecule has 0 aliphatic carbocycles. The summed E-state index contributed by atoms with van der Waals surface area (Å²) in [5.74, 6) is -0.488. The van der Waals surface area contributed by atoms with Crippen LogP contribution in [0.4, 0.5) is 9.18 Å². The highest BCUT2D eigenvalue weighted by molar-refractivity contribution is 5.65. The number of amides is 1. The zero-order chi connectivity index (χ0) is 12.3. The number of nitrogens with zero attached hydrogens (tertiary/aromatic N) is 2. The Labute approximate surface area is 93.7 Å². The number of rotatable bonds is 2. The van der Waals surface area contributed by atoms with E-state index in [9.17, 15) is 9.18 Å². The number of carboxylic acid groups (broad SMARTS) is 1. The van der Waals surface area contributed by atoms with E-state index in [1.54, 1.807) is 20.8 Å². The minimum atomic E-state index is -1.09. The largest absolute Gasteiger partial charge is 0.465 e. The van der Waals surface area contributed by atoms with Gasteiger partial charge in [-0.05, 0) is 32.9 Å². The van der Waals surface area contributed by atoms with Crippen molar-refractivity contribution in [1.82, 2.24) is 9.88 Å². The van der Waals surface area contributed by atoms with Crippen molar-refractivity contribution >= 4 is 6.09 Å². The Bertz CT molecular complexity index is 388. The van der Waals surface area contributed by atoms with Gasteiger partial charge in [0.25, 0.3) is 0 Å². The third kappa shape index (κ3) is 2.92. The molecular weight excluding hydrogens is 211 g/mol. The van der Waals surface area contributed by atoms with Gasteiger partial charge >= 0.3 is 6.09 Å². The van der Waals surface area contributed by atoms with E-state index in [1.807, 2.05) is 0 Å². The van der Waals surface area contributed by atoms with Gasteiger partial charge in [0.05, 0.1) is 12.2 Å². The number of pyridine rings is 1. The van der Waals surface area contributed by atoms with E-state index in [2.05, 4.69) is 4.98 Å². The maximum atomic E-state index is 13.3. The van der Waals surface area contributed by atoms with Gasteiger partial charge in [0.15, 0.2) is 0 Å². The predicted octanol–water partition coefficient (Wildman–Crippen LogP) is 2.50. The number of aromatic nitrogens is 1. The summed E-state index contributed by atoms with van der Waals surface area (Å²) in [6, 6.07) is 2.74. The molecule has 1 heterocycles. The summed E-state index contributed by atoms with van der Waals surface area (Å²) in [5.41, 5.74) is -0.449. The molecule has 5 heteroatoms. The fourth-order valence-corrected chi connectivity index (χ4v) is 1.28. The predicted molar refractivity (Wildman–Crippen MR) is 57.5 cm³/mol. The Hall–Kier alpha value is -1.65. The van der Waals surface area contributed by atoms with Crippen molar-refractivity contribution in [2.45, 2.75) is 32.9 Å². The van der Waals surface area contributed by atoms with Crippen LogP contribution in [-0.4, -0.2) is 26.6 Å². The fourth-order valence-electron chi connectivity index (χ4n) is 1.28. The van der Waals surface area contributed by atoms with Crippen molar-refractivity contribution in [2.75, 3.05) is 0 Å². The third-order valence-electron chi connectivity index (χ3n) is 2.18. The molecule has 1 aromatic rings. The van der Waals surface area contributed by atoms with Gasteiger partial charge in [-0.3, -0.25) is 9.88 Å². The molecule has 0 atom stereocenters. The van der Waals surface area contributed by atoms with Crippen molar-refractivity contribution in [3.05, 3.63) is 29.8 Å². The first-order chi connectivity index (χ1) is 7.32. The van der Waals surface area contributed by atoms with Gasteiger partial charge in [0.1, 0.15) is 5.82 Å². The molecule has 1 aromatic heterocycles. The van der Waals surface area contributed by atoms with Crippen LogP contribution in [-0.2, 0) is 6.54 Å². The first kappa shape index (κ1) is 12.4. The summed E-state index contributed by atoms with van der Waals surface area (Å²) in [6.45, 7) is 5.21. The summed E-state index contributed by atoms with van der Waals surface area (Å²) in [6.07, 6.45) is 0.360. The molecule has 0 aliphatic heterocycles. The second-order valence-corrected chi connectivity index (χ2v) is 4.47. The van der Waals surface area contributed by atoms with Crippen LogP contribution in [0.1, 0.15) is 26.5 Å². The number of hydrogen-bond acceptors (Lipinski definition) is 2. The molecule has 0 spiro atoms. The lowest BCUT2D eigenvalue weighted by atomic mass is 10.1. The van der Waals surface area contributed by atoms with E-state index in [0.717, 1.165) is 4.90 Å². The lowest BCUT2D eigenvalue weighted by Crippen LogP contribution is -2.44. The normalized spacial score (nSPS) is 11.2. The minimum absolute atomic E-state index is 0.0501. The first-order valence-corrected chi connectivity index (χ1v) is 4.92. The summed E-state index contributed by atoms with van der Waals surface area (Å²) in [4.78, 5) is 16.0. The lowest BCUT2D eigenvalue weighted by molar-refractivity contribution is 0.0939. The van der Waals surface area contributed by atoms with Crippen molar-refractivity contribution in [3.8, 4) is 0 Å². The van der Waals surface area contributed by atoms with Crippen LogP contribution in [0.2, 0.25) is 0 Å². The summed E-state index contributed by atoms with van der Waals surface area (Å²) < 4.78 is 13.3.